The van der Waals surface area contributed by atoms with Crippen molar-refractivity contribution in [2.75, 3.05) is 7.05 Å². The second-order valence-electron chi connectivity index (χ2n) is 6.75. The van der Waals surface area contributed by atoms with E-state index in [4.69, 9.17) is 5.73 Å². The Bertz CT molecular complexity index is 611. The van der Waals surface area contributed by atoms with E-state index in [1.807, 2.05) is 11.3 Å². The van der Waals surface area contributed by atoms with E-state index in [1.54, 1.807) is 7.05 Å². The first-order valence-corrected chi connectivity index (χ1v) is 7.84. The zero-order valence-electron chi connectivity index (χ0n) is 12.5. The molecule has 1 aromatic heterocycles. The molecule has 1 aromatic rings. The van der Waals surface area contributed by atoms with E-state index < -0.39 is 5.54 Å². The van der Waals surface area contributed by atoms with Crippen LogP contribution in [0.3, 0.4) is 0 Å². The highest BCUT2D eigenvalue weighted by atomic mass is 32.1. The van der Waals surface area contributed by atoms with Crippen LogP contribution in [-0.4, -0.2) is 23.8 Å². The molecule has 2 N–H and O–H groups in total. The van der Waals surface area contributed by atoms with E-state index >= 15 is 0 Å². The Morgan fingerprint density at radius 3 is 2.70 bits per heavy atom. The van der Waals surface area contributed by atoms with E-state index in [0.29, 0.717) is 5.96 Å². The summed E-state index contributed by atoms with van der Waals surface area (Å²) in [5, 5.41) is 0. The number of carbonyl (C=O) groups is 1. The van der Waals surface area contributed by atoms with Gasteiger partial charge in [-0.15, -0.1) is 11.3 Å². The van der Waals surface area contributed by atoms with Crippen LogP contribution in [0.5, 0.6) is 0 Å². The highest BCUT2D eigenvalue weighted by molar-refractivity contribution is 7.12. The summed E-state index contributed by atoms with van der Waals surface area (Å²) in [6.45, 7) is 6.62. The number of guanidine groups is 1. The first kappa shape index (κ1) is 13.6. The maximum Gasteiger partial charge on any atom is 0.261 e. The largest absolute Gasteiger partial charge is 0.369 e. The van der Waals surface area contributed by atoms with Crippen LogP contribution in [0.4, 0.5) is 0 Å². The minimum atomic E-state index is -0.744. The van der Waals surface area contributed by atoms with Crippen molar-refractivity contribution in [3.63, 3.8) is 0 Å². The molecule has 0 saturated carbocycles. The van der Waals surface area contributed by atoms with Gasteiger partial charge >= 0.3 is 0 Å². The van der Waals surface area contributed by atoms with Crippen LogP contribution in [0.2, 0.25) is 0 Å². The van der Waals surface area contributed by atoms with Crippen LogP contribution in [-0.2, 0) is 22.2 Å². The lowest BCUT2D eigenvalue weighted by atomic mass is 9.79. The smallest absolute Gasteiger partial charge is 0.261 e. The van der Waals surface area contributed by atoms with Gasteiger partial charge in [-0.3, -0.25) is 9.69 Å². The zero-order valence-corrected chi connectivity index (χ0v) is 13.3. The number of hydrogen-bond acceptors (Lipinski definition) is 4. The molecule has 3 rings (SSSR count). The van der Waals surface area contributed by atoms with E-state index in [-0.39, 0.29) is 11.3 Å². The molecule has 2 heterocycles. The number of aryl methyl sites for hydroxylation is 1. The number of thiophene rings is 1. The maximum atomic E-state index is 12.7. The molecule has 20 heavy (non-hydrogen) atoms. The Balaban J connectivity index is 2.16. The maximum absolute atomic E-state index is 12.7. The van der Waals surface area contributed by atoms with Crippen LogP contribution in [0.1, 0.15) is 48.9 Å². The second-order valence-corrected chi connectivity index (χ2v) is 7.88. The Labute approximate surface area is 123 Å². The van der Waals surface area contributed by atoms with Crippen molar-refractivity contribution >= 4 is 23.2 Å². The number of aliphatic imine (C=N–C) groups is 1. The van der Waals surface area contributed by atoms with Gasteiger partial charge in [0, 0.05) is 22.4 Å². The first-order chi connectivity index (χ1) is 9.25. The summed E-state index contributed by atoms with van der Waals surface area (Å²) in [6, 6.07) is 2.19. The fraction of sp³-hybridized carbons (Fsp3) is 0.600. The van der Waals surface area contributed by atoms with Gasteiger partial charge in [0.2, 0.25) is 0 Å². The standard InChI is InChI=1S/C15H21N3OS/c1-14(2,3)11-8-9-10(20-11)6-5-7-15(9)12(19)18(4)13(16)17-15/h8H,5-7H2,1-4H3,(H2,16,17)/t15-/m0/s1. The van der Waals surface area contributed by atoms with Gasteiger partial charge in [0.25, 0.3) is 5.91 Å². The molecule has 108 valence electrons. The Morgan fingerprint density at radius 1 is 1.45 bits per heavy atom. The van der Waals surface area contributed by atoms with Crippen LogP contribution in [0.25, 0.3) is 0 Å². The molecule has 1 amide bonds. The fourth-order valence-corrected chi connectivity index (χ4v) is 4.34. The molecule has 5 heteroatoms. The predicted molar refractivity (Wildman–Crippen MR) is 82.0 cm³/mol. The summed E-state index contributed by atoms with van der Waals surface area (Å²) in [5.74, 6) is 0.362. The quantitative estimate of drug-likeness (QED) is 0.797. The molecule has 0 aromatic carbocycles. The molecule has 0 unspecified atom stereocenters. The number of nitrogens with zero attached hydrogens (tertiary/aromatic N) is 2. The molecule has 1 atom stereocenters. The molecule has 0 fully saturated rings. The van der Waals surface area contributed by atoms with Gasteiger partial charge in [0.1, 0.15) is 0 Å². The second kappa shape index (κ2) is 4.07. The Hall–Kier alpha value is -1.36. The molecule has 1 spiro atoms. The molecule has 4 nitrogen and oxygen atoms in total. The van der Waals surface area contributed by atoms with Crippen molar-refractivity contribution in [1.82, 2.24) is 4.90 Å². The molecule has 0 bridgehead atoms. The normalized spacial score (nSPS) is 26.1. The highest BCUT2D eigenvalue weighted by Crippen LogP contribution is 2.47. The number of fused-ring (bicyclic) bond motifs is 2. The lowest BCUT2D eigenvalue weighted by Gasteiger charge is -2.29. The van der Waals surface area contributed by atoms with Gasteiger partial charge in [-0.25, -0.2) is 4.99 Å². The van der Waals surface area contributed by atoms with Gasteiger partial charge in [0.05, 0.1) is 0 Å². The Kier molecular flexibility index (Phi) is 2.77. The third-order valence-corrected chi connectivity index (χ3v) is 5.86. The van der Waals surface area contributed by atoms with Gasteiger partial charge in [-0.1, -0.05) is 20.8 Å². The number of hydrogen-bond donors (Lipinski definition) is 1. The number of amides is 1. The molecule has 0 radical (unpaired) electrons. The monoisotopic (exact) mass is 291 g/mol. The molecule has 1 aliphatic carbocycles. The van der Waals surface area contributed by atoms with Crippen molar-refractivity contribution in [3.8, 4) is 0 Å². The summed E-state index contributed by atoms with van der Waals surface area (Å²) in [7, 11) is 1.71. The summed E-state index contributed by atoms with van der Waals surface area (Å²) in [6.07, 6.45) is 2.81. The third-order valence-electron chi connectivity index (χ3n) is 4.24. The summed E-state index contributed by atoms with van der Waals surface area (Å²) < 4.78 is 0. The van der Waals surface area contributed by atoms with Gasteiger partial charge in [0.15, 0.2) is 11.5 Å². The van der Waals surface area contributed by atoms with E-state index in [9.17, 15) is 4.79 Å². The number of rotatable bonds is 0. The van der Waals surface area contributed by atoms with Crippen molar-refractivity contribution in [2.45, 2.75) is 51.0 Å². The zero-order chi connectivity index (χ0) is 14.7. The van der Waals surface area contributed by atoms with Crippen LogP contribution in [0.15, 0.2) is 11.1 Å². The molecule has 1 aliphatic heterocycles. The Morgan fingerprint density at radius 2 is 2.15 bits per heavy atom. The average Bonchev–Trinajstić information content (AvgIpc) is 2.88. The van der Waals surface area contributed by atoms with Crippen molar-refractivity contribution < 1.29 is 4.79 Å². The van der Waals surface area contributed by atoms with Gasteiger partial charge < -0.3 is 5.73 Å². The fourth-order valence-electron chi connectivity index (χ4n) is 3.01. The predicted octanol–water partition coefficient (Wildman–Crippen LogP) is 2.36. The SMILES string of the molecule is CN1C(=O)[C@@]2(CCCc3sc(C(C)(C)C)cc32)N=C1N. The highest BCUT2D eigenvalue weighted by Gasteiger charge is 2.51. The lowest BCUT2D eigenvalue weighted by Crippen LogP contribution is -2.41. The van der Waals surface area contributed by atoms with Crippen molar-refractivity contribution in [2.24, 2.45) is 10.7 Å². The van der Waals surface area contributed by atoms with Crippen LogP contribution in [0, 0.1) is 0 Å². The third kappa shape index (κ3) is 1.72. The summed E-state index contributed by atoms with van der Waals surface area (Å²) in [5.41, 5.74) is 6.34. The van der Waals surface area contributed by atoms with Crippen molar-refractivity contribution in [1.29, 1.82) is 0 Å². The number of nitrogens with two attached hydrogens (primary N) is 1. The number of carbonyl (C=O) groups excluding carboxylic acids is 1. The molecular weight excluding hydrogens is 270 g/mol. The van der Waals surface area contributed by atoms with Gasteiger partial charge in [-0.05, 0) is 30.7 Å². The summed E-state index contributed by atoms with van der Waals surface area (Å²) in [4.78, 5) is 21.3. The van der Waals surface area contributed by atoms with E-state index in [2.05, 4.69) is 31.8 Å². The molecular formula is C15H21N3OS. The first-order valence-electron chi connectivity index (χ1n) is 7.03. The lowest BCUT2D eigenvalue weighted by molar-refractivity contribution is -0.131. The number of likely N-dealkylation sites (N-methyl/N-ethyl adjacent to an activating group) is 1. The molecule has 2 aliphatic rings. The van der Waals surface area contributed by atoms with E-state index in [1.165, 1.54) is 14.7 Å². The average molecular weight is 291 g/mol. The van der Waals surface area contributed by atoms with Crippen molar-refractivity contribution in [3.05, 3.63) is 21.4 Å². The minimum Gasteiger partial charge on any atom is -0.369 e. The van der Waals surface area contributed by atoms with Crippen LogP contribution < -0.4 is 5.73 Å². The van der Waals surface area contributed by atoms with E-state index in [0.717, 1.165) is 24.8 Å². The minimum absolute atomic E-state index is 0.0224. The summed E-state index contributed by atoms with van der Waals surface area (Å²) >= 11 is 1.83. The topological polar surface area (TPSA) is 58.7 Å². The van der Waals surface area contributed by atoms with Gasteiger partial charge in [-0.2, -0.15) is 0 Å². The van der Waals surface area contributed by atoms with Crippen LogP contribution >= 0.6 is 11.3 Å². The molecule has 0 saturated heterocycles.